The third kappa shape index (κ3) is 2.46. The molecule has 2 heterocycles. The summed E-state index contributed by atoms with van der Waals surface area (Å²) < 4.78 is 5.28. The first-order valence-corrected chi connectivity index (χ1v) is 6.07. The van der Waals surface area contributed by atoms with Gasteiger partial charge in [-0.1, -0.05) is 0 Å². The van der Waals surface area contributed by atoms with Crippen LogP contribution in [-0.4, -0.2) is 28.7 Å². The average molecular weight is 295 g/mol. The number of aromatic nitrogens is 2. The van der Waals surface area contributed by atoms with Gasteiger partial charge in [0.2, 0.25) is 5.91 Å². The molecule has 3 rings (SSSR count). The summed E-state index contributed by atoms with van der Waals surface area (Å²) in [6.07, 6.45) is 1.04. The lowest BCUT2D eigenvalue weighted by Gasteiger charge is -2.08. The zero-order valence-corrected chi connectivity index (χ0v) is 12.0. The molecule has 1 amide bonds. The summed E-state index contributed by atoms with van der Waals surface area (Å²) in [6, 6.07) is 3.89. The second-order valence-corrected chi connectivity index (χ2v) is 4.52. The summed E-state index contributed by atoms with van der Waals surface area (Å²) in [6.45, 7) is 1.98. The van der Waals surface area contributed by atoms with E-state index in [2.05, 4.69) is 20.5 Å². The van der Waals surface area contributed by atoms with Gasteiger partial charge in [0, 0.05) is 18.9 Å². The predicted molar refractivity (Wildman–Crippen MR) is 78.5 cm³/mol. The standard InChI is InChI=1S/C13H14N4O2.ClH/c1-7-5-9-10(6-11(7)19-2)15-13(14-9)8-3-4-12(18)17-16-8;/h5-6H,3-4H2,1-2H3,(H,14,15)(H,17,18);1H. The van der Waals surface area contributed by atoms with E-state index in [0.717, 1.165) is 28.1 Å². The van der Waals surface area contributed by atoms with E-state index in [0.29, 0.717) is 18.7 Å². The number of amides is 1. The fraction of sp³-hybridized carbons (Fsp3) is 0.308. The van der Waals surface area contributed by atoms with Crippen molar-refractivity contribution in [2.45, 2.75) is 19.8 Å². The van der Waals surface area contributed by atoms with Crippen LogP contribution in [0.3, 0.4) is 0 Å². The van der Waals surface area contributed by atoms with Crippen molar-refractivity contribution in [2.24, 2.45) is 5.10 Å². The summed E-state index contributed by atoms with van der Waals surface area (Å²) in [7, 11) is 1.64. The first-order chi connectivity index (χ1) is 9.17. The minimum Gasteiger partial charge on any atom is -0.496 e. The minimum absolute atomic E-state index is 0. The van der Waals surface area contributed by atoms with Crippen molar-refractivity contribution in [2.75, 3.05) is 7.11 Å². The number of ether oxygens (including phenoxy) is 1. The molecule has 0 saturated heterocycles. The van der Waals surface area contributed by atoms with Gasteiger partial charge in [-0.15, -0.1) is 12.4 Å². The van der Waals surface area contributed by atoms with E-state index in [1.54, 1.807) is 7.11 Å². The van der Waals surface area contributed by atoms with E-state index >= 15 is 0 Å². The van der Waals surface area contributed by atoms with E-state index in [1.807, 2.05) is 19.1 Å². The molecule has 0 fully saturated rings. The summed E-state index contributed by atoms with van der Waals surface area (Å²) in [5.74, 6) is 1.45. The quantitative estimate of drug-likeness (QED) is 0.888. The van der Waals surface area contributed by atoms with Crippen molar-refractivity contribution in [3.05, 3.63) is 23.5 Å². The summed E-state index contributed by atoms with van der Waals surface area (Å²) in [5.41, 5.74) is 6.06. The van der Waals surface area contributed by atoms with Crippen molar-refractivity contribution >= 4 is 35.1 Å². The Morgan fingerprint density at radius 3 is 2.75 bits per heavy atom. The SMILES string of the molecule is COc1cc2nc(C3=NNC(=O)CC3)[nH]c2cc1C.Cl. The van der Waals surface area contributed by atoms with Crippen LogP contribution in [0.4, 0.5) is 0 Å². The zero-order chi connectivity index (χ0) is 13.4. The van der Waals surface area contributed by atoms with Crippen LogP contribution in [0.15, 0.2) is 17.2 Å². The Morgan fingerprint density at radius 1 is 1.30 bits per heavy atom. The van der Waals surface area contributed by atoms with Crippen LogP contribution < -0.4 is 10.2 Å². The Bertz CT molecular complexity index is 693. The van der Waals surface area contributed by atoms with Crippen molar-refractivity contribution < 1.29 is 9.53 Å². The third-order valence-corrected chi connectivity index (χ3v) is 3.18. The number of benzene rings is 1. The number of aryl methyl sites for hydroxylation is 1. The first kappa shape index (κ1) is 14.3. The van der Waals surface area contributed by atoms with Crippen molar-refractivity contribution in [1.82, 2.24) is 15.4 Å². The highest BCUT2D eigenvalue weighted by molar-refractivity contribution is 6.03. The molecular formula is C13H15ClN4O2. The number of halogens is 1. The number of hydrogen-bond acceptors (Lipinski definition) is 4. The highest BCUT2D eigenvalue weighted by Gasteiger charge is 2.16. The number of hydrazone groups is 1. The lowest BCUT2D eigenvalue weighted by molar-refractivity contribution is -0.121. The van der Waals surface area contributed by atoms with Gasteiger partial charge in [-0.05, 0) is 18.6 Å². The van der Waals surface area contributed by atoms with Gasteiger partial charge in [-0.25, -0.2) is 10.4 Å². The summed E-state index contributed by atoms with van der Waals surface area (Å²) in [5, 5.41) is 4.03. The average Bonchev–Trinajstić information content (AvgIpc) is 2.81. The number of nitrogens with zero attached hydrogens (tertiary/aromatic N) is 2. The first-order valence-electron chi connectivity index (χ1n) is 6.07. The van der Waals surface area contributed by atoms with Gasteiger partial charge in [-0.2, -0.15) is 5.10 Å². The molecule has 106 valence electrons. The Labute approximate surface area is 122 Å². The van der Waals surface area contributed by atoms with Gasteiger partial charge in [0.1, 0.15) is 11.5 Å². The summed E-state index contributed by atoms with van der Waals surface area (Å²) >= 11 is 0. The van der Waals surface area contributed by atoms with E-state index < -0.39 is 0 Å². The van der Waals surface area contributed by atoms with Gasteiger partial charge in [0.25, 0.3) is 0 Å². The molecule has 1 aliphatic heterocycles. The second kappa shape index (κ2) is 5.50. The molecule has 0 saturated carbocycles. The van der Waals surface area contributed by atoms with Crippen molar-refractivity contribution in [3.63, 3.8) is 0 Å². The van der Waals surface area contributed by atoms with E-state index in [-0.39, 0.29) is 18.3 Å². The van der Waals surface area contributed by atoms with Crippen LogP contribution in [-0.2, 0) is 4.79 Å². The Hall–Kier alpha value is -2.08. The molecule has 0 aliphatic carbocycles. The molecule has 6 nitrogen and oxygen atoms in total. The highest BCUT2D eigenvalue weighted by Crippen LogP contribution is 2.24. The molecule has 7 heteroatoms. The number of methoxy groups -OCH3 is 1. The third-order valence-electron chi connectivity index (χ3n) is 3.18. The van der Waals surface area contributed by atoms with Crippen LogP contribution in [0.2, 0.25) is 0 Å². The smallest absolute Gasteiger partial charge is 0.240 e. The molecule has 0 unspecified atom stereocenters. The predicted octanol–water partition coefficient (Wildman–Crippen LogP) is 1.92. The number of carbonyl (C=O) groups excluding carboxylic acids is 1. The summed E-state index contributed by atoms with van der Waals surface area (Å²) in [4.78, 5) is 18.8. The molecule has 1 aromatic carbocycles. The number of imidazole rings is 1. The Kier molecular flexibility index (Phi) is 3.94. The van der Waals surface area contributed by atoms with Crippen molar-refractivity contribution in [3.8, 4) is 5.75 Å². The van der Waals surface area contributed by atoms with Gasteiger partial charge >= 0.3 is 0 Å². The molecule has 0 spiro atoms. The van der Waals surface area contributed by atoms with E-state index in [9.17, 15) is 4.79 Å². The van der Waals surface area contributed by atoms with Gasteiger partial charge in [0.15, 0.2) is 5.82 Å². The number of hydrogen-bond donors (Lipinski definition) is 2. The van der Waals surface area contributed by atoms with Crippen LogP contribution in [0, 0.1) is 6.92 Å². The highest BCUT2D eigenvalue weighted by atomic mass is 35.5. The zero-order valence-electron chi connectivity index (χ0n) is 11.2. The maximum atomic E-state index is 11.1. The molecule has 2 aromatic rings. The molecule has 0 radical (unpaired) electrons. The number of H-pyrrole nitrogens is 1. The maximum Gasteiger partial charge on any atom is 0.240 e. The topological polar surface area (TPSA) is 79.4 Å². The lowest BCUT2D eigenvalue weighted by atomic mass is 10.2. The molecule has 2 N–H and O–H groups in total. The van der Waals surface area contributed by atoms with Crippen LogP contribution in [0.1, 0.15) is 24.2 Å². The number of nitrogens with one attached hydrogen (secondary N) is 2. The number of carbonyl (C=O) groups is 1. The molecule has 1 aliphatic rings. The minimum atomic E-state index is -0.0580. The van der Waals surface area contributed by atoms with Gasteiger partial charge < -0.3 is 9.72 Å². The van der Waals surface area contributed by atoms with Crippen molar-refractivity contribution in [1.29, 1.82) is 0 Å². The van der Waals surface area contributed by atoms with E-state index in [1.165, 1.54) is 0 Å². The number of fused-ring (bicyclic) bond motifs is 1. The van der Waals surface area contributed by atoms with Crippen LogP contribution >= 0.6 is 12.4 Å². The molecule has 0 bridgehead atoms. The normalized spacial score (nSPS) is 14.5. The Balaban J connectivity index is 0.00000147. The number of aromatic amines is 1. The fourth-order valence-corrected chi connectivity index (χ4v) is 2.15. The maximum absolute atomic E-state index is 11.1. The fourth-order valence-electron chi connectivity index (χ4n) is 2.15. The molecule has 1 aromatic heterocycles. The van der Waals surface area contributed by atoms with Crippen LogP contribution in [0.5, 0.6) is 5.75 Å². The molecular weight excluding hydrogens is 280 g/mol. The molecule has 0 atom stereocenters. The number of rotatable bonds is 2. The Morgan fingerprint density at radius 2 is 2.10 bits per heavy atom. The van der Waals surface area contributed by atoms with Crippen LogP contribution in [0.25, 0.3) is 11.0 Å². The van der Waals surface area contributed by atoms with Gasteiger partial charge in [0.05, 0.1) is 18.1 Å². The monoisotopic (exact) mass is 294 g/mol. The van der Waals surface area contributed by atoms with E-state index in [4.69, 9.17) is 4.74 Å². The second-order valence-electron chi connectivity index (χ2n) is 4.52. The molecule has 20 heavy (non-hydrogen) atoms. The lowest BCUT2D eigenvalue weighted by Crippen LogP contribution is -2.26. The largest absolute Gasteiger partial charge is 0.496 e. The van der Waals surface area contributed by atoms with Gasteiger partial charge in [-0.3, -0.25) is 4.79 Å².